The summed E-state index contributed by atoms with van der Waals surface area (Å²) in [7, 11) is 0. The monoisotopic (exact) mass is 406 g/mol. The highest BCUT2D eigenvalue weighted by Crippen LogP contribution is 2.29. The number of hydrogen-bond acceptors (Lipinski definition) is 5. The van der Waals surface area contributed by atoms with Gasteiger partial charge in [0.2, 0.25) is 6.17 Å². The van der Waals surface area contributed by atoms with Crippen molar-refractivity contribution in [3.8, 4) is 0 Å². The molecule has 0 fully saturated rings. The van der Waals surface area contributed by atoms with Crippen molar-refractivity contribution in [2.45, 2.75) is 11.9 Å². The van der Waals surface area contributed by atoms with Crippen molar-refractivity contribution >= 4 is 40.1 Å². The Kier molecular flexibility index (Phi) is 4.75. The van der Waals surface area contributed by atoms with Crippen molar-refractivity contribution < 1.29 is 13.6 Å². The van der Waals surface area contributed by atoms with E-state index in [1.54, 1.807) is 35.5 Å². The summed E-state index contributed by atoms with van der Waals surface area (Å²) in [6.07, 6.45) is 2.57. The van der Waals surface area contributed by atoms with Gasteiger partial charge in [0, 0.05) is 23.2 Å². The molecule has 4 rings (SSSR count). The first-order valence-corrected chi connectivity index (χ1v) is 9.34. The van der Waals surface area contributed by atoms with Crippen molar-refractivity contribution in [2.75, 3.05) is 4.90 Å². The highest BCUT2D eigenvalue weighted by atomic mass is 35.5. The zero-order valence-electron chi connectivity index (χ0n) is 13.8. The number of hydrazone groups is 1. The number of nitrogens with zero attached hydrogens (tertiary/aromatic N) is 3. The average Bonchev–Trinajstić information content (AvgIpc) is 3.05. The molecule has 2 aromatic carbocycles. The van der Waals surface area contributed by atoms with Crippen molar-refractivity contribution in [1.82, 2.24) is 10.3 Å². The van der Waals surface area contributed by atoms with Crippen LogP contribution in [0.3, 0.4) is 0 Å². The van der Waals surface area contributed by atoms with Crippen LogP contribution < -0.4 is 10.3 Å². The van der Waals surface area contributed by atoms with Crippen LogP contribution in [0.15, 0.2) is 60.0 Å². The number of carbonyl (C=O) groups is 1. The highest BCUT2D eigenvalue weighted by molar-refractivity contribution is 8.13. The molecule has 138 valence electrons. The van der Waals surface area contributed by atoms with Gasteiger partial charge in [-0.3, -0.25) is 20.0 Å². The summed E-state index contributed by atoms with van der Waals surface area (Å²) in [6.45, 7) is 0. The Morgan fingerprint density at radius 1 is 1.15 bits per heavy atom. The van der Waals surface area contributed by atoms with Crippen LogP contribution in [-0.4, -0.2) is 22.1 Å². The van der Waals surface area contributed by atoms with E-state index < -0.39 is 17.8 Å². The van der Waals surface area contributed by atoms with Gasteiger partial charge in [0.15, 0.2) is 5.17 Å². The fourth-order valence-electron chi connectivity index (χ4n) is 2.74. The second kappa shape index (κ2) is 7.21. The maximum absolute atomic E-state index is 13.5. The third-order valence-electron chi connectivity index (χ3n) is 4.09. The molecule has 0 saturated heterocycles. The Bertz CT molecular complexity index is 968. The molecular formula is C18H13ClF2N4OS. The van der Waals surface area contributed by atoms with Crippen molar-refractivity contribution in [3.05, 3.63) is 77.1 Å². The molecule has 5 nitrogen and oxygen atoms in total. The lowest BCUT2D eigenvalue weighted by Crippen LogP contribution is -2.52. The summed E-state index contributed by atoms with van der Waals surface area (Å²) in [5.41, 5.74) is 4.00. The number of halogens is 3. The van der Waals surface area contributed by atoms with Crippen LogP contribution >= 0.6 is 23.4 Å². The van der Waals surface area contributed by atoms with E-state index in [4.69, 9.17) is 11.6 Å². The summed E-state index contributed by atoms with van der Waals surface area (Å²) in [4.78, 5) is 15.8. The molecule has 1 atom stereocenters. The summed E-state index contributed by atoms with van der Waals surface area (Å²) in [5, 5.41) is 5.13. The molecule has 27 heavy (non-hydrogen) atoms. The lowest BCUT2D eigenvalue weighted by molar-refractivity contribution is -0.122. The second-order valence-electron chi connectivity index (χ2n) is 5.84. The highest BCUT2D eigenvalue weighted by Gasteiger charge is 2.38. The predicted molar refractivity (Wildman–Crippen MR) is 102 cm³/mol. The number of amides is 1. The van der Waals surface area contributed by atoms with Crippen molar-refractivity contribution in [3.63, 3.8) is 0 Å². The summed E-state index contributed by atoms with van der Waals surface area (Å²) >= 11 is 7.42. The van der Waals surface area contributed by atoms with Gasteiger partial charge in [-0.15, -0.1) is 0 Å². The van der Waals surface area contributed by atoms with E-state index >= 15 is 0 Å². The van der Waals surface area contributed by atoms with E-state index in [-0.39, 0.29) is 5.91 Å². The molecule has 0 saturated carbocycles. The van der Waals surface area contributed by atoms with Crippen molar-refractivity contribution in [1.29, 1.82) is 0 Å². The number of carbonyl (C=O) groups excluding carboxylic acids is 1. The quantitative estimate of drug-likeness (QED) is 0.840. The first-order valence-electron chi connectivity index (χ1n) is 7.98. The maximum atomic E-state index is 13.5. The number of amidine groups is 1. The zero-order chi connectivity index (χ0) is 19.0. The Balaban J connectivity index is 1.48. The van der Waals surface area contributed by atoms with Crippen LogP contribution in [0.2, 0.25) is 5.02 Å². The van der Waals surface area contributed by atoms with E-state index in [0.717, 1.165) is 5.56 Å². The number of benzene rings is 2. The fraction of sp³-hybridized carbons (Fsp3) is 0.111. The molecule has 2 aliphatic rings. The van der Waals surface area contributed by atoms with Gasteiger partial charge in [0.25, 0.3) is 5.91 Å². The van der Waals surface area contributed by atoms with E-state index in [0.29, 0.717) is 21.6 Å². The zero-order valence-corrected chi connectivity index (χ0v) is 15.3. The van der Waals surface area contributed by atoms with E-state index in [1.807, 2.05) is 0 Å². The molecule has 1 unspecified atom stereocenters. The largest absolute Gasteiger partial charge is 0.294 e. The standard InChI is InChI=1S/C18H13ClF2N4OS/c19-15-9-13(21)5-4-11(15)10-27-18-23-22-16-17(26)24(6-7-25(16)18)14-3-1-2-12(20)8-14/h1-9,16,22H,10H2. The van der Waals surface area contributed by atoms with E-state index in [2.05, 4.69) is 10.5 Å². The molecule has 2 aliphatic heterocycles. The molecule has 1 amide bonds. The molecule has 0 bridgehead atoms. The topological polar surface area (TPSA) is 47.9 Å². The number of thioether (sulfide) groups is 1. The maximum Gasteiger partial charge on any atom is 0.276 e. The van der Waals surface area contributed by atoms with Crippen LogP contribution in [0.4, 0.5) is 14.5 Å². The SMILES string of the molecule is O=C1C2NN=C(SCc3ccc(F)cc3Cl)N2C=CN1c1cccc(F)c1. The van der Waals surface area contributed by atoms with Crippen molar-refractivity contribution in [2.24, 2.45) is 5.10 Å². The third-order valence-corrected chi connectivity index (χ3v) is 5.45. The lowest BCUT2D eigenvalue weighted by atomic mass is 10.2. The van der Waals surface area contributed by atoms with Gasteiger partial charge in [-0.05, 0) is 35.9 Å². The van der Waals surface area contributed by atoms with Gasteiger partial charge >= 0.3 is 0 Å². The summed E-state index contributed by atoms with van der Waals surface area (Å²) in [6, 6.07) is 10.0. The van der Waals surface area contributed by atoms with Gasteiger partial charge in [-0.25, -0.2) is 8.78 Å². The summed E-state index contributed by atoms with van der Waals surface area (Å²) in [5.74, 6) is -0.615. The Morgan fingerprint density at radius 2 is 1.96 bits per heavy atom. The number of nitrogens with one attached hydrogen (secondary N) is 1. The van der Waals surface area contributed by atoms with Gasteiger partial charge in [-0.2, -0.15) is 5.10 Å². The number of anilines is 1. The summed E-state index contributed by atoms with van der Waals surface area (Å²) < 4.78 is 26.6. The second-order valence-corrected chi connectivity index (χ2v) is 7.19. The molecule has 0 spiro atoms. The van der Waals surface area contributed by atoms with E-state index in [1.165, 1.54) is 40.9 Å². The van der Waals surface area contributed by atoms with Crippen LogP contribution in [-0.2, 0) is 10.5 Å². The van der Waals surface area contributed by atoms with Gasteiger partial charge < -0.3 is 0 Å². The molecule has 9 heteroatoms. The fourth-order valence-corrected chi connectivity index (χ4v) is 4.02. The predicted octanol–water partition coefficient (Wildman–Crippen LogP) is 3.87. The molecular weight excluding hydrogens is 394 g/mol. The number of hydrogen-bond donors (Lipinski definition) is 1. The average molecular weight is 407 g/mol. The minimum atomic E-state index is -0.704. The molecule has 1 N–H and O–H groups in total. The smallest absolute Gasteiger partial charge is 0.276 e. The third kappa shape index (κ3) is 3.50. The number of rotatable bonds is 3. The molecule has 2 aromatic rings. The van der Waals surface area contributed by atoms with Crippen LogP contribution in [0.5, 0.6) is 0 Å². The molecule has 0 aromatic heterocycles. The normalized spacial score (nSPS) is 18.4. The van der Waals surface area contributed by atoms with E-state index in [9.17, 15) is 13.6 Å². The number of fused-ring (bicyclic) bond motifs is 1. The van der Waals surface area contributed by atoms with Gasteiger partial charge in [0.1, 0.15) is 11.6 Å². The van der Waals surface area contributed by atoms with Gasteiger partial charge in [-0.1, -0.05) is 35.5 Å². The molecule has 0 radical (unpaired) electrons. The van der Waals surface area contributed by atoms with Crippen LogP contribution in [0, 0.1) is 11.6 Å². The first-order chi connectivity index (χ1) is 13.0. The minimum Gasteiger partial charge on any atom is -0.294 e. The molecule has 2 heterocycles. The first kappa shape index (κ1) is 17.8. The Morgan fingerprint density at radius 3 is 2.74 bits per heavy atom. The lowest BCUT2D eigenvalue weighted by Gasteiger charge is -2.31. The Labute approximate surface area is 163 Å². The van der Waals surface area contributed by atoms with Crippen LogP contribution in [0.1, 0.15) is 5.56 Å². The van der Waals surface area contributed by atoms with Gasteiger partial charge in [0.05, 0.1) is 5.69 Å². The minimum absolute atomic E-state index is 0.276. The molecule has 0 aliphatic carbocycles. The Hall–Kier alpha value is -2.58. The van der Waals surface area contributed by atoms with Crippen LogP contribution in [0.25, 0.3) is 0 Å².